The zero-order valence-electron chi connectivity index (χ0n) is 15.5. The average Bonchev–Trinajstić information content (AvgIpc) is 2.60. The maximum Gasteiger partial charge on any atom is 0.310 e. The number of hydrogen-bond acceptors (Lipinski definition) is 5. The Hall–Kier alpha value is -3.02. The van der Waals surface area contributed by atoms with Gasteiger partial charge >= 0.3 is 5.97 Å². The Balaban J connectivity index is 1.85. The van der Waals surface area contributed by atoms with Crippen molar-refractivity contribution in [3.05, 3.63) is 53.6 Å². The number of anilines is 2. The Bertz CT molecular complexity index is 770. The van der Waals surface area contributed by atoms with Crippen molar-refractivity contribution in [2.75, 3.05) is 38.0 Å². The number of benzene rings is 2. The summed E-state index contributed by atoms with van der Waals surface area (Å²) in [6, 6.07) is 13.0. The average molecular weight is 356 g/mol. The number of carbonyl (C=O) groups is 2. The second-order valence-corrected chi connectivity index (χ2v) is 6.14. The highest BCUT2D eigenvalue weighted by molar-refractivity contribution is 5.93. The molecule has 0 aliphatic carbocycles. The molecular weight excluding hydrogens is 332 g/mol. The van der Waals surface area contributed by atoms with Gasteiger partial charge in [-0.3, -0.25) is 9.59 Å². The van der Waals surface area contributed by atoms with Crippen LogP contribution in [0.4, 0.5) is 11.4 Å². The predicted octanol–water partition coefficient (Wildman–Crippen LogP) is 2.79. The van der Waals surface area contributed by atoms with Gasteiger partial charge in [0.15, 0.2) is 6.61 Å². The third-order valence-corrected chi connectivity index (χ3v) is 3.80. The van der Waals surface area contributed by atoms with E-state index in [2.05, 4.69) is 5.32 Å². The first-order valence-corrected chi connectivity index (χ1v) is 8.25. The Morgan fingerprint density at radius 3 is 2.38 bits per heavy atom. The molecule has 0 spiro atoms. The van der Waals surface area contributed by atoms with Gasteiger partial charge in [0.1, 0.15) is 5.75 Å². The fourth-order valence-electron chi connectivity index (χ4n) is 2.44. The summed E-state index contributed by atoms with van der Waals surface area (Å²) in [7, 11) is 5.43. The van der Waals surface area contributed by atoms with Crippen molar-refractivity contribution in [3.63, 3.8) is 0 Å². The summed E-state index contributed by atoms with van der Waals surface area (Å²) in [5, 5.41) is 2.70. The van der Waals surface area contributed by atoms with Gasteiger partial charge in [-0.15, -0.1) is 0 Å². The quantitative estimate of drug-likeness (QED) is 0.773. The first-order chi connectivity index (χ1) is 12.4. The molecule has 2 aromatic rings. The lowest BCUT2D eigenvalue weighted by molar-refractivity contribution is -0.146. The minimum atomic E-state index is -0.480. The molecule has 1 amide bonds. The molecule has 0 aromatic heterocycles. The summed E-state index contributed by atoms with van der Waals surface area (Å²) in [6.45, 7) is 1.60. The molecule has 0 heterocycles. The maximum absolute atomic E-state index is 12.0. The Kier molecular flexibility index (Phi) is 6.60. The van der Waals surface area contributed by atoms with Crippen molar-refractivity contribution < 1.29 is 19.1 Å². The van der Waals surface area contributed by atoms with Gasteiger partial charge in [0.25, 0.3) is 5.91 Å². The number of rotatable bonds is 7. The third kappa shape index (κ3) is 5.51. The van der Waals surface area contributed by atoms with Crippen molar-refractivity contribution in [3.8, 4) is 5.75 Å². The molecule has 0 atom stereocenters. The van der Waals surface area contributed by atoms with Crippen molar-refractivity contribution in [1.82, 2.24) is 0 Å². The van der Waals surface area contributed by atoms with E-state index in [1.807, 2.05) is 56.3 Å². The zero-order chi connectivity index (χ0) is 19.1. The predicted molar refractivity (Wildman–Crippen MR) is 102 cm³/mol. The molecule has 0 saturated carbocycles. The maximum atomic E-state index is 12.0. The highest BCUT2D eigenvalue weighted by Crippen LogP contribution is 2.20. The van der Waals surface area contributed by atoms with Gasteiger partial charge in [-0.05, 0) is 37.3 Å². The summed E-state index contributed by atoms with van der Waals surface area (Å²) < 4.78 is 10.3. The van der Waals surface area contributed by atoms with Gasteiger partial charge in [-0.1, -0.05) is 17.7 Å². The SMILES string of the molecule is COc1ccc(C)cc1CC(=O)OCC(=O)Nc1ccc(N(C)C)cc1. The van der Waals surface area contributed by atoms with Crippen LogP contribution in [0, 0.1) is 6.92 Å². The lowest BCUT2D eigenvalue weighted by atomic mass is 10.1. The number of hydrogen-bond donors (Lipinski definition) is 1. The third-order valence-electron chi connectivity index (χ3n) is 3.80. The van der Waals surface area contributed by atoms with E-state index in [9.17, 15) is 9.59 Å². The molecule has 0 aliphatic heterocycles. The monoisotopic (exact) mass is 356 g/mol. The van der Waals surface area contributed by atoms with Crippen molar-refractivity contribution in [2.24, 2.45) is 0 Å². The summed E-state index contributed by atoms with van der Waals surface area (Å²) in [6.07, 6.45) is 0.0513. The minimum Gasteiger partial charge on any atom is -0.496 e. The number of esters is 1. The molecule has 26 heavy (non-hydrogen) atoms. The van der Waals surface area contributed by atoms with Crippen LogP contribution in [-0.4, -0.2) is 39.7 Å². The number of nitrogens with one attached hydrogen (secondary N) is 1. The molecule has 2 aromatic carbocycles. The molecule has 138 valence electrons. The summed E-state index contributed by atoms with van der Waals surface area (Å²) in [5.74, 6) is -0.239. The van der Waals surface area contributed by atoms with Crippen LogP contribution in [0.5, 0.6) is 5.75 Å². The van der Waals surface area contributed by atoms with Gasteiger partial charge < -0.3 is 19.7 Å². The minimum absolute atomic E-state index is 0.0513. The number of amides is 1. The molecule has 0 fully saturated rings. The van der Waals surface area contributed by atoms with Crippen LogP contribution < -0.4 is 15.0 Å². The first-order valence-electron chi connectivity index (χ1n) is 8.25. The van der Waals surface area contributed by atoms with E-state index in [-0.39, 0.29) is 18.9 Å². The van der Waals surface area contributed by atoms with Gasteiger partial charge in [-0.25, -0.2) is 0 Å². The van der Waals surface area contributed by atoms with E-state index < -0.39 is 5.97 Å². The molecule has 0 unspecified atom stereocenters. The smallest absolute Gasteiger partial charge is 0.310 e. The van der Waals surface area contributed by atoms with Crippen LogP contribution in [0.25, 0.3) is 0 Å². The van der Waals surface area contributed by atoms with Gasteiger partial charge in [0.2, 0.25) is 0 Å². The lowest BCUT2D eigenvalue weighted by Crippen LogP contribution is -2.21. The highest BCUT2D eigenvalue weighted by Gasteiger charge is 2.12. The molecule has 1 N–H and O–H groups in total. The van der Waals surface area contributed by atoms with E-state index in [0.717, 1.165) is 16.8 Å². The number of aryl methyl sites for hydroxylation is 1. The normalized spacial score (nSPS) is 10.2. The number of ether oxygens (including phenoxy) is 2. The standard InChI is InChI=1S/C20H24N2O4/c1-14-5-10-18(25-4)15(11-14)12-20(24)26-13-19(23)21-16-6-8-17(9-7-16)22(2)3/h5-11H,12-13H2,1-4H3,(H,21,23). The highest BCUT2D eigenvalue weighted by atomic mass is 16.5. The molecule has 0 aliphatic rings. The summed E-state index contributed by atoms with van der Waals surface area (Å²) in [4.78, 5) is 25.9. The van der Waals surface area contributed by atoms with E-state index in [1.54, 1.807) is 19.2 Å². The van der Waals surface area contributed by atoms with Gasteiger partial charge in [0, 0.05) is 31.0 Å². The molecule has 2 rings (SSSR count). The van der Waals surface area contributed by atoms with Crippen LogP contribution >= 0.6 is 0 Å². The number of nitrogens with zero attached hydrogens (tertiary/aromatic N) is 1. The van der Waals surface area contributed by atoms with E-state index >= 15 is 0 Å². The summed E-state index contributed by atoms with van der Waals surface area (Å²) >= 11 is 0. The topological polar surface area (TPSA) is 67.9 Å². The molecular formula is C20H24N2O4. The van der Waals surface area contributed by atoms with E-state index in [0.29, 0.717) is 11.4 Å². The molecule has 6 nitrogen and oxygen atoms in total. The van der Waals surface area contributed by atoms with Crippen LogP contribution in [0.3, 0.4) is 0 Å². The van der Waals surface area contributed by atoms with Crippen molar-refractivity contribution in [1.29, 1.82) is 0 Å². The lowest BCUT2D eigenvalue weighted by Gasteiger charge is -2.13. The fraction of sp³-hybridized carbons (Fsp3) is 0.300. The first kappa shape index (κ1) is 19.3. The number of methoxy groups -OCH3 is 1. The van der Waals surface area contributed by atoms with Crippen LogP contribution in [-0.2, 0) is 20.7 Å². The number of carbonyl (C=O) groups excluding carboxylic acids is 2. The Labute approximate surface area is 153 Å². The summed E-state index contributed by atoms with van der Waals surface area (Å²) in [5.41, 5.74) is 3.43. The van der Waals surface area contributed by atoms with Crippen molar-refractivity contribution in [2.45, 2.75) is 13.3 Å². The van der Waals surface area contributed by atoms with Crippen molar-refractivity contribution >= 4 is 23.3 Å². The molecule has 6 heteroatoms. The van der Waals surface area contributed by atoms with Crippen LogP contribution in [0.15, 0.2) is 42.5 Å². The zero-order valence-corrected chi connectivity index (χ0v) is 15.5. The van der Waals surface area contributed by atoms with Crippen LogP contribution in [0.1, 0.15) is 11.1 Å². The second-order valence-electron chi connectivity index (χ2n) is 6.14. The molecule has 0 saturated heterocycles. The second kappa shape index (κ2) is 8.89. The Morgan fingerprint density at radius 2 is 1.77 bits per heavy atom. The molecule has 0 bridgehead atoms. The van der Waals surface area contributed by atoms with Crippen LogP contribution in [0.2, 0.25) is 0 Å². The fourth-order valence-corrected chi connectivity index (χ4v) is 2.44. The van der Waals surface area contributed by atoms with E-state index in [1.165, 1.54) is 0 Å². The molecule has 0 radical (unpaired) electrons. The Morgan fingerprint density at radius 1 is 1.08 bits per heavy atom. The van der Waals surface area contributed by atoms with Gasteiger partial charge in [-0.2, -0.15) is 0 Å². The van der Waals surface area contributed by atoms with E-state index in [4.69, 9.17) is 9.47 Å². The largest absolute Gasteiger partial charge is 0.496 e. The van der Waals surface area contributed by atoms with Gasteiger partial charge in [0.05, 0.1) is 13.5 Å².